The van der Waals surface area contributed by atoms with Gasteiger partial charge in [-0.15, -0.1) is 11.3 Å². The molecule has 11 heteroatoms. The van der Waals surface area contributed by atoms with E-state index < -0.39 is 34.2 Å². The van der Waals surface area contributed by atoms with Crippen molar-refractivity contribution in [2.75, 3.05) is 11.5 Å². The van der Waals surface area contributed by atoms with Gasteiger partial charge in [-0.2, -0.15) is 13.2 Å². The number of benzene rings is 1. The van der Waals surface area contributed by atoms with Crippen molar-refractivity contribution in [3.8, 4) is 10.7 Å². The highest BCUT2D eigenvalue weighted by molar-refractivity contribution is 7.92. The van der Waals surface area contributed by atoms with E-state index in [-0.39, 0.29) is 5.52 Å². The van der Waals surface area contributed by atoms with Gasteiger partial charge in [0.15, 0.2) is 15.6 Å². The molecule has 0 N–H and O–H groups in total. The maximum atomic E-state index is 13.1. The maximum Gasteiger partial charge on any atom is 0.433 e. The Labute approximate surface area is 186 Å². The van der Waals surface area contributed by atoms with Gasteiger partial charge in [-0.05, 0) is 54.4 Å². The molecule has 0 saturated carbocycles. The first kappa shape index (κ1) is 22.4. The number of pyridine rings is 1. The average molecular weight is 486 g/mol. The van der Waals surface area contributed by atoms with E-state index in [0.717, 1.165) is 22.3 Å². The molecule has 164 valence electrons. The van der Waals surface area contributed by atoms with Crippen molar-refractivity contribution in [2.24, 2.45) is 7.05 Å². The number of aromatic nitrogens is 3. The molecule has 5 nitrogen and oxygen atoms in total. The van der Waals surface area contributed by atoms with E-state index >= 15 is 0 Å². The molecule has 0 aliphatic carbocycles. The Hall–Kier alpha value is -1.79. The van der Waals surface area contributed by atoms with Crippen molar-refractivity contribution < 1.29 is 22.3 Å². The van der Waals surface area contributed by atoms with E-state index in [1.54, 1.807) is 24.6 Å². The van der Waals surface area contributed by atoms with Crippen molar-refractivity contribution in [3.05, 3.63) is 36.2 Å². The van der Waals surface area contributed by atoms with Crippen LogP contribution in [-0.4, -0.2) is 35.1 Å². The summed E-state index contributed by atoms with van der Waals surface area (Å²) in [5.41, 5.74) is -0.398. The summed E-state index contributed by atoms with van der Waals surface area (Å²) in [6, 6.07) is 6.33. The van der Waals surface area contributed by atoms with Crippen LogP contribution in [0.25, 0.3) is 31.8 Å². The summed E-state index contributed by atoms with van der Waals surface area (Å²) in [5, 5.41) is 0.776. The normalized spacial score (nSPS) is 14.5. The Morgan fingerprint density at radius 1 is 1.10 bits per heavy atom. The lowest BCUT2D eigenvalue weighted by Gasteiger charge is -2.10. The third kappa shape index (κ3) is 3.93. The first-order chi connectivity index (χ1) is 14.7. The van der Waals surface area contributed by atoms with Crippen LogP contribution in [0.4, 0.5) is 13.2 Å². The Morgan fingerprint density at radius 2 is 1.81 bits per heavy atom. The van der Waals surface area contributed by atoms with Crippen LogP contribution in [0.5, 0.6) is 0 Å². The summed E-state index contributed by atoms with van der Waals surface area (Å²) in [7, 11) is 1.69. The Kier molecular flexibility index (Phi) is 5.99. The molecule has 0 saturated heterocycles. The highest BCUT2D eigenvalue weighted by Crippen LogP contribution is 2.43. The SMILES string of the molecule is CC[S+]([O-])c1ccc2c([S+]([O-])CC)c(-c3nc4cc(C(F)(F)F)ncc4n3C)sc2c1. The van der Waals surface area contributed by atoms with Gasteiger partial charge in [-0.25, -0.2) is 9.97 Å². The van der Waals surface area contributed by atoms with Gasteiger partial charge in [0, 0.05) is 23.2 Å². The zero-order chi connectivity index (χ0) is 22.5. The first-order valence-electron chi connectivity index (χ1n) is 9.39. The van der Waals surface area contributed by atoms with Gasteiger partial charge < -0.3 is 13.7 Å². The van der Waals surface area contributed by atoms with Crippen LogP contribution in [0.15, 0.2) is 40.3 Å². The molecule has 0 aliphatic heterocycles. The fraction of sp³-hybridized carbons (Fsp3) is 0.300. The van der Waals surface area contributed by atoms with E-state index in [0.29, 0.717) is 37.5 Å². The summed E-state index contributed by atoms with van der Waals surface area (Å²) < 4.78 is 66.9. The monoisotopic (exact) mass is 485 g/mol. The summed E-state index contributed by atoms with van der Waals surface area (Å²) in [6.45, 7) is 3.64. The lowest BCUT2D eigenvalue weighted by molar-refractivity contribution is -0.141. The van der Waals surface area contributed by atoms with Crippen molar-refractivity contribution in [1.29, 1.82) is 0 Å². The first-order valence-corrected chi connectivity index (χ1v) is 12.8. The molecule has 0 aliphatic rings. The van der Waals surface area contributed by atoms with Gasteiger partial charge in [-0.1, -0.05) is 0 Å². The number of thiophene rings is 1. The minimum absolute atomic E-state index is 0.165. The van der Waals surface area contributed by atoms with Crippen LogP contribution in [0.2, 0.25) is 0 Å². The molecule has 2 unspecified atom stereocenters. The van der Waals surface area contributed by atoms with E-state index in [9.17, 15) is 22.3 Å². The Balaban J connectivity index is 1.95. The average Bonchev–Trinajstić information content (AvgIpc) is 3.28. The Morgan fingerprint density at radius 3 is 2.45 bits per heavy atom. The molecule has 0 amide bonds. The van der Waals surface area contributed by atoms with E-state index in [2.05, 4.69) is 9.97 Å². The van der Waals surface area contributed by atoms with E-state index in [1.807, 2.05) is 19.1 Å². The molecule has 31 heavy (non-hydrogen) atoms. The molecule has 3 heterocycles. The predicted molar refractivity (Wildman–Crippen MR) is 118 cm³/mol. The zero-order valence-electron chi connectivity index (χ0n) is 16.8. The summed E-state index contributed by atoms with van der Waals surface area (Å²) in [4.78, 5) is 9.87. The quantitative estimate of drug-likeness (QED) is 0.368. The van der Waals surface area contributed by atoms with E-state index in [4.69, 9.17) is 0 Å². The minimum atomic E-state index is -4.57. The van der Waals surface area contributed by atoms with Crippen molar-refractivity contribution in [3.63, 3.8) is 0 Å². The molecule has 2 atom stereocenters. The lowest BCUT2D eigenvalue weighted by Crippen LogP contribution is -2.07. The number of halogens is 3. The molecule has 0 radical (unpaired) electrons. The predicted octanol–water partition coefficient (Wildman–Crippen LogP) is 5.12. The molecule has 0 spiro atoms. The minimum Gasteiger partial charge on any atom is -0.611 e. The van der Waals surface area contributed by atoms with Crippen LogP contribution < -0.4 is 0 Å². The smallest absolute Gasteiger partial charge is 0.433 e. The Bertz CT molecular complexity index is 1270. The van der Waals surface area contributed by atoms with Gasteiger partial charge in [0.25, 0.3) is 0 Å². The molecular formula is C20H18F3N3O2S3. The zero-order valence-corrected chi connectivity index (χ0v) is 19.3. The maximum absolute atomic E-state index is 13.1. The van der Waals surface area contributed by atoms with E-state index in [1.165, 1.54) is 11.3 Å². The third-order valence-electron chi connectivity index (χ3n) is 4.89. The largest absolute Gasteiger partial charge is 0.611 e. The highest BCUT2D eigenvalue weighted by atomic mass is 32.2. The van der Waals surface area contributed by atoms with Crippen LogP contribution in [0.3, 0.4) is 0 Å². The number of aryl methyl sites for hydroxylation is 1. The van der Waals surface area contributed by atoms with Gasteiger partial charge >= 0.3 is 6.18 Å². The second-order valence-electron chi connectivity index (χ2n) is 6.74. The number of imidazole rings is 1. The molecule has 0 bridgehead atoms. The van der Waals surface area contributed by atoms with Crippen molar-refractivity contribution >= 4 is 54.8 Å². The molecule has 3 aromatic heterocycles. The van der Waals surface area contributed by atoms with Gasteiger partial charge in [0.05, 0.1) is 17.2 Å². The van der Waals surface area contributed by atoms with Gasteiger partial charge in [-0.3, -0.25) is 0 Å². The van der Waals surface area contributed by atoms with Crippen LogP contribution in [0.1, 0.15) is 19.5 Å². The van der Waals surface area contributed by atoms with Crippen molar-refractivity contribution in [1.82, 2.24) is 14.5 Å². The van der Waals surface area contributed by atoms with Gasteiger partial charge in [0.1, 0.15) is 22.1 Å². The number of fused-ring (bicyclic) bond motifs is 2. The summed E-state index contributed by atoms with van der Waals surface area (Å²) in [5.74, 6) is 1.29. The highest BCUT2D eigenvalue weighted by Gasteiger charge is 2.33. The number of hydrogen-bond acceptors (Lipinski definition) is 5. The fourth-order valence-electron chi connectivity index (χ4n) is 3.33. The molecule has 4 rings (SSSR count). The molecule has 0 fully saturated rings. The summed E-state index contributed by atoms with van der Waals surface area (Å²) in [6.07, 6.45) is -3.41. The van der Waals surface area contributed by atoms with Gasteiger partial charge in [0.2, 0.25) is 0 Å². The van der Waals surface area contributed by atoms with Crippen LogP contribution in [0, 0.1) is 0 Å². The molecule has 1 aromatic carbocycles. The number of rotatable bonds is 5. The summed E-state index contributed by atoms with van der Waals surface area (Å²) >= 11 is -1.11. The second-order valence-corrected chi connectivity index (χ2v) is 11.2. The number of hydrogen-bond donors (Lipinski definition) is 0. The number of nitrogens with zero attached hydrogens (tertiary/aromatic N) is 3. The molecular weight excluding hydrogens is 467 g/mol. The number of alkyl halides is 3. The second kappa shape index (κ2) is 8.28. The van der Waals surface area contributed by atoms with Crippen LogP contribution >= 0.6 is 11.3 Å². The fourth-order valence-corrected chi connectivity index (χ4v) is 6.84. The standard InChI is InChI=1S/C20H18F3N3O2S3/c1-4-30(27)11-6-7-12-15(8-11)29-17(18(12)31(28)5-2)19-25-13-9-16(20(21,22)23)24-10-14(13)26(19)3/h6-10H,4-5H2,1-3H3. The third-order valence-corrected chi connectivity index (χ3v) is 8.88. The van der Waals surface area contributed by atoms with Crippen molar-refractivity contribution in [2.45, 2.75) is 29.8 Å². The lowest BCUT2D eigenvalue weighted by atomic mass is 10.2. The van der Waals surface area contributed by atoms with Crippen LogP contribution in [-0.2, 0) is 35.6 Å². The molecule has 4 aromatic rings. The topological polar surface area (TPSA) is 76.8 Å².